The Morgan fingerprint density at radius 1 is 1.21 bits per heavy atom. The number of benzene rings is 2. The Hall–Kier alpha value is -2.19. The number of rotatable bonds is 5. The van der Waals surface area contributed by atoms with Crippen LogP contribution in [0.3, 0.4) is 0 Å². The van der Waals surface area contributed by atoms with E-state index in [-0.39, 0.29) is 11.5 Å². The van der Waals surface area contributed by atoms with Crippen LogP contribution in [0.15, 0.2) is 51.5 Å². The molecule has 0 amide bonds. The van der Waals surface area contributed by atoms with E-state index in [1.54, 1.807) is 30.3 Å². The van der Waals surface area contributed by atoms with Gasteiger partial charge in [0.1, 0.15) is 0 Å². The van der Waals surface area contributed by atoms with E-state index in [9.17, 15) is 14.9 Å². The number of methoxy groups -OCH3 is 1. The second-order valence-electron chi connectivity index (χ2n) is 4.50. The van der Waals surface area contributed by atoms with E-state index < -0.39 is 10.9 Å². The van der Waals surface area contributed by atoms with Crippen molar-refractivity contribution >= 4 is 43.9 Å². The van der Waals surface area contributed by atoms with Crippen molar-refractivity contribution in [2.45, 2.75) is 0 Å². The molecule has 24 heavy (non-hydrogen) atoms. The van der Waals surface area contributed by atoms with E-state index in [1.165, 1.54) is 19.3 Å². The van der Waals surface area contributed by atoms with Gasteiger partial charge in [-0.1, -0.05) is 12.1 Å². The molecule has 0 aliphatic carbocycles. The predicted octanol–water partition coefficient (Wildman–Crippen LogP) is 4.69. The standard InChI is InChI=1S/C16H11Br2NO5/c1-23-14-9-10(6-7-19(21)22)8-13(18)15(14)24-16(20)11-4-2-3-5-12(11)17/h2-9H,1H3. The maximum absolute atomic E-state index is 12.3. The molecule has 6 nitrogen and oxygen atoms in total. The summed E-state index contributed by atoms with van der Waals surface area (Å²) in [6.07, 6.45) is 2.13. The molecular formula is C16H11Br2NO5. The Morgan fingerprint density at radius 2 is 1.92 bits per heavy atom. The molecule has 0 fully saturated rings. The molecule has 0 heterocycles. The lowest BCUT2D eigenvalue weighted by atomic mass is 10.2. The van der Waals surface area contributed by atoms with Gasteiger partial charge in [-0.25, -0.2) is 4.79 Å². The molecule has 0 radical (unpaired) electrons. The first-order chi connectivity index (χ1) is 11.4. The maximum Gasteiger partial charge on any atom is 0.344 e. The minimum Gasteiger partial charge on any atom is -0.493 e. The predicted molar refractivity (Wildman–Crippen MR) is 95.8 cm³/mol. The zero-order chi connectivity index (χ0) is 17.7. The van der Waals surface area contributed by atoms with Crippen molar-refractivity contribution in [3.05, 3.63) is 72.8 Å². The van der Waals surface area contributed by atoms with E-state index in [0.29, 0.717) is 20.1 Å². The molecule has 0 aliphatic rings. The van der Waals surface area contributed by atoms with Gasteiger partial charge in [-0.15, -0.1) is 0 Å². The van der Waals surface area contributed by atoms with Crippen LogP contribution in [0, 0.1) is 10.1 Å². The molecule has 2 aromatic carbocycles. The lowest BCUT2D eigenvalue weighted by Gasteiger charge is -2.12. The number of carbonyl (C=O) groups is 1. The molecule has 8 heteroatoms. The minimum atomic E-state index is -0.568. The van der Waals surface area contributed by atoms with Crippen LogP contribution in [0.2, 0.25) is 0 Å². The Balaban J connectivity index is 2.35. The zero-order valence-electron chi connectivity index (χ0n) is 12.4. The third-order valence-electron chi connectivity index (χ3n) is 2.93. The zero-order valence-corrected chi connectivity index (χ0v) is 15.5. The molecule has 0 N–H and O–H groups in total. The fourth-order valence-corrected chi connectivity index (χ4v) is 2.84. The summed E-state index contributed by atoms with van der Waals surface area (Å²) in [7, 11) is 1.42. The number of carbonyl (C=O) groups excluding carboxylic acids is 1. The van der Waals surface area contributed by atoms with Crippen LogP contribution < -0.4 is 9.47 Å². The van der Waals surface area contributed by atoms with Crippen molar-refractivity contribution in [2.24, 2.45) is 0 Å². The molecule has 0 saturated carbocycles. The van der Waals surface area contributed by atoms with Crippen LogP contribution in [0.25, 0.3) is 6.08 Å². The molecule has 0 unspecified atom stereocenters. The average molecular weight is 457 g/mol. The Labute approximate surface area is 154 Å². The molecule has 0 atom stereocenters. The Bertz CT molecular complexity index is 820. The van der Waals surface area contributed by atoms with Crippen LogP contribution in [-0.4, -0.2) is 18.0 Å². The molecule has 2 aromatic rings. The van der Waals surface area contributed by atoms with Crippen LogP contribution in [0.1, 0.15) is 15.9 Å². The van der Waals surface area contributed by atoms with Crippen molar-refractivity contribution in [1.82, 2.24) is 0 Å². The lowest BCUT2D eigenvalue weighted by molar-refractivity contribution is -0.400. The van der Waals surface area contributed by atoms with Gasteiger partial charge < -0.3 is 9.47 Å². The highest BCUT2D eigenvalue weighted by Gasteiger charge is 2.18. The summed E-state index contributed by atoms with van der Waals surface area (Å²) in [6, 6.07) is 9.99. The first-order valence-corrected chi connectivity index (χ1v) is 8.17. The van der Waals surface area contributed by atoms with Gasteiger partial charge in [0.15, 0.2) is 11.5 Å². The lowest BCUT2D eigenvalue weighted by Crippen LogP contribution is -2.10. The van der Waals surface area contributed by atoms with Crippen LogP contribution in [0.5, 0.6) is 11.5 Å². The van der Waals surface area contributed by atoms with Crippen molar-refractivity contribution in [3.63, 3.8) is 0 Å². The molecular weight excluding hydrogens is 446 g/mol. The number of ether oxygens (including phenoxy) is 2. The molecule has 0 aliphatic heterocycles. The second kappa shape index (κ2) is 8.07. The largest absolute Gasteiger partial charge is 0.493 e. The highest BCUT2D eigenvalue weighted by Crippen LogP contribution is 2.37. The summed E-state index contributed by atoms with van der Waals surface area (Å²) in [6.45, 7) is 0. The van der Waals surface area contributed by atoms with Crippen LogP contribution >= 0.6 is 31.9 Å². The van der Waals surface area contributed by atoms with Gasteiger partial charge in [-0.3, -0.25) is 10.1 Å². The van der Waals surface area contributed by atoms with Gasteiger partial charge in [0, 0.05) is 10.5 Å². The van der Waals surface area contributed by atoms with Gasteiger partial charge in [-0.05, 0) is 61.7 Å². The number of halogens is 2. The van der Waals surface area contributed by atoms with Gasteiger partial charge >= 0.3 is 5.97 Å². The van der Waals surface area contributed by atoms with Gasteiger partial charge in [0.2, 0.25) is 6.20 Å². The molecule has 0 saturated heterocycles. The Kier molecular flexibility index (Phi) is 6.10. The van der Waals surface area contributed by atoms with Crippen molar-refractivity contribution in [1.29, 1.82) is 0 Å². The first-order valence-electron chi connectivity index (χ1n) is 6.58. The summed E-state index contributed by atoms with van der Waals surface area (Å²) in [4.78, 5) is 22.2. The van der Waals surface area contributed by atoms with Crippen LogP contribution in [-0.2, 0) is 0 Å². The fourth-order valence-electron chi connectivity index (χ4n) is 1.86. The third-order valence-corrected chi connectivity index (χ3v) is 4.21. The summed E-state index contributed by atoms with van der Waals surface area (Å²) < 4.78 is 11.7. The monoisotopic (exact) mass is 455 g/mol. The third kappa shape index (κ3) is 4.42. The summed E-state index contributed by atoms with van der Waals surface area (Å²) >= 11 is 6.59. The maximum atomic E-state index is 12.3. The van der Waals surface area contributed by atoms with E-state index in [1.807, 2.05) is 0 Å². The van der Waals surface area contributed by atoms with Crippen molar-refractivity contribution < 1.29 is 19.2 Å². The smallest absolute Gasteiger partial charge is 0.344 e. The quantitative estimate of drug-likeness (QED) is 0.282. The van der Waals surface area contributed by atoms with Gasteiger partial charge in [-0.2, -0.15) is 0 Å². The van der Waals surface area contributed by atoms with Gasteiger partial charge in [0.25, 0.3) is 0 Å². The summed E-state index contributed by atoms with van der Waals surface area (Å²) in [5, 5.41) is 10.4. The highest BCUT2D eigenvalue weighted by molar-refractivity contribution is 9.10. The minimum absolute atomic E-state index is 0.191. The number of hydrogen-bond donors (Lipinski definition) is 0. The molecule has 0 spiro atoms. The van der Waals surface area contributed by atoms with Gasteiger partial charge in [0.05, 0.1) is 22.1 Å². The molecule has 0 bridgehead atoms. The second-order valence-corrected chi connectivity index (χ2v) is 6.21. The van der Waals surface area contributed by atoms with E-state index in [2.05, 4.69) is 31.9 Å². The van der Waals surface area contributed by atoms with Crippen molar-refractivity contribution in [2.75, 3.05) is 7.11 Å². The summed E-state index contributed by atoms with van der Waals surface area (Å²) in [5.74, 6) is -0.0978. The van der Waals surface area contributed by atoms with E-state index >= 15 is 0 Å². The highest BCUT2D eigenvalue weighted by atomic mass is 79.9. The van der Waals surface area contributed by atoms with Crippen molar-refractivity contribution in [3.8, 4) is 11.5 Å². The molecule has 0 aromatic heterocycles. The van der Waals surface area contributed by atoms with E-state index in [0.717, 1.165) is 6.20 Å². The molecule has 124 valence electrons. The normalized spacial score (nSPS) is 10.6. The van der Waals surface area contributed by atoms with Crippen LogP contribution in [0.4, 0.5) is 0 Å². The number of nitro groups is 1. The number of hydrogen-bond acceptors (Lipinski definition) is 5. The fraction of sp³-hybridized carbons (Fsp3) is 0.0625. The topological polar surface area (TPSA) is 78.7 Å². The summed E-state index contributed by atoms with van der Waals surface area (Å²) in [5.41, 5.74) is 0.889. The number of esters is 1. The van der Waals surface area contributed by atoms with E-state index in [4.69, 9.17) is 9.47 Å². The average Bonchev–Trinajstić information content (AvgIpc) is 2.55. The number of nitrogens with zero attached hydrogens (tertiary/aromatic N) is 1. The Morgan fingerprint density at radius 3 is 2.54 bits per heavy atom. The SMILES string of the molecule is COc1cc(C=C[N+](=O)[O-])cc(Br)c1OC(=O)c1ccccc1Br. The molecule has 2 rings (SSSR count). The first kappa shape index (κ1) is 18.2.